The Morgan fingerprint density at radius 2 is 1.80 bits per heavy atom. The van der Waals surface area contributed by atoms with Gasteiger partial charge in [0.1, 0.15) is 5.60 Å². The van der Waals surface area contributed by atoms with Gasteiger partial charge in [-0.25, -0.2) is 4.98 Å². The van der Waals surface area contributed by atoms with Gasteiger partial charge in [0.05, 0.1) is 23.6 Å². The number of fused-ring (bicyclic) bond motifs is 1. The van der Waals surface area contributed by atoms with Gasteiger partial charge in [-0.1, -0.05) is 23.7 Å². The maximum atomic E-state index is 13.2. The van der Waals surface area contributed by atoms with Crippen LogP contribution < -0.4 is 4.74 Å². The average Bonchev–Trinajstić information content (AvgIpc) is 2.89. The molecule has 3 aromatic rings. The Bertz CT molecular complexity index is 1400. The number of methoxy groups -OCH3 is 1. The van der Waals surface area contributed by atoms with Crippen LogP contribution in [0.25, 0.3) is 10.9 Å². The van der Waals surface area contributed by atoms with Crippen LogP contribution in [0.1, 0.15) is 42.1 Å². The van der Waals surface area contributed by atoms with Crippen molar-refractivity contribution in [3.63, 3.8) is 0 Å². The van der Waals surface area contributed by atoms with Gasteiger partial charge in [0.15, 0.2) is 0 Å². The number of ether oxygens (including phenoxy) is 1. The Hall–Kier alpha value is -2.95. The number of alkyl halides is 3. The topological polar surface area (TPSA) is 78.8 Å². The predicted octanol–water partition coefficient (Wildman–Crippen LogP) is 5.09. The van der Waals surface area contributed by atoms with E-state index in [1.807, 2.05) is 24.0 Å². The number of hydrogen-bond donors (Lipinski definition) is 1. The first-order valence-electron chi connectivity index (χ1n) is 13.3. The Kier molecular flexibility index (Phi) is 7.71. The fourth-order valence-electron chi connectivity index (χ4n) is 5.76. The lowest BCUT2D eigenvalue weighted by molar-refractivity contribution is -0.185. The predicted molar refractivity (Wildman–Crippen MR) is 145 cm³/mol. The van der Waals surface area contributed by atoms with E-state index in [-0.39, 0.29) is 37.8 Å². The molecule has 2 fully saturated rings. The van der Waals surface area contributed by atoms with Gasteiger partial charge >= 0.3 is 6.18 Å². The Balaban J connectivity index is 1.52. The fourth-order valence-corrected chi connectivity index (χ4v) is 6.05. The quantitative estimate of drug-likeness (QED) is 0.440. The summed E-state index contributed by atoms with van der Waals surface area (Å²) in [7, 11) is 1.48. The second kappa shape index (κ2) is 10.8. The second-order valence-electron chi connectivity index (χ2n) is 10.8. The molecule has 40 heavy (non-hydrogen) atoms. The zero-order valence-corrected chi connectivity index (χ0v) is 23.4. The summed E-state index contributed by atoms with van der Waals surface area (Å²) in [5.74, 6) is -1.30. The zero-order valence-electron chi connectivity index (χ0n) is 22.6. The van der Waals surface area contributed by atoms with Gasteiger partial charge in [-0.15, -0.1) is 0 Å². The lowest BCUT2D eigenvalue weighted by atomic mass is 9.72. The van der Waals surface area contributed by atoms with Crippen LogP contribution in [0.5, 0.6) is 5.88 Å². The molecular weight excluding hydrogens is 545 g/mol. The normalized spacial score (nSPS) is 18.9. The Labute approximate surface area is 235 Å². The molecule has 11 heteroatoms. The van der Waals surface area contributed by atoms with E-state index in [1.165, 1.54) is 14.0 Å². The molecule has 0 aliphatic carbocycles. The first-order chi connectivity index (χ1) is 18.9. The lowest BCUT2D eigenvalue weighted by Gasteiger charge is -2.48. The lowest BCUT2D eigenvalue weighted by Crippen LogP contribution is -2.58. The van der Waals surface area contributed by atoms with Crippen LogP contribution in [0.2, 0.25) is 5.02 Å². The van der Waals surface area contributed by atoms with Crippen molar-refractivity contribution in [2.24, 2.45) is 11.8 Å². The minimum absolute atomic E-state index is 0.0326. The summed E-state index contributed by atoms with van der Waals surface area (Å²) < 4.78 is 45.0. The molecule has 4 heterocycles. The monoisotopic (exact) mass is 576 g/mol. The molecule has 0 radical (unpaired) electrons. The van der Waals surface area contributed by atoms with Crippen molar-refractivity contribution >= 4 is 28.4 Å². The number of carbonyl (C=O) groups is 1. The SMILES string of the molecule is COc1nc2ccc(C(O)(c3ccc(C)nc3)C3CN(C(C)=O)C3)cc2c(Cl)c1CN1CCC(C(F)(F)F)CC1. The molecule has 1 N–H and O–H groups in total. The van der Waals surface area contributed by atoms with Crippen LogP contribution >= 0.6 is 11.6 Å². The van der Waals surface area contributed by atoms with Crippen LogP contribution in [0.4, 0.5) is 13.2 Å². The molecule has 1 atom stereocenters. The maximum absolute atomic E-state index is 13.2. The number of amides is 1. The minimum Gasteiger partial charge on any atom is -0.481 e. The first kappa shape index (κ1) is 28.6. The second-order valence-corrected chi connectivity index (χ2v) is 11.2. The van der Waals surface area contributed by atoms with Gasteiger partial charge in [0.25, 0.3) is 0 Å². The zero-order chi connectivity index (χ0) is 28.8. The van der Waals surface area contributed by atoms with Crippen LogP contribution in [0.3, 0.4) is 0 Å². The molecule has 1 unspecified atom stereocenters. The summed E-state index contributed by atoms with van der Waals surface area (Å²) in [5.41, 5.74) is 1.72. The Morgan fingerprint density at radius 3 is 2.38 bits per heavy atom. The highest BCUT2D eigenvalue weighted by Gasteiger charge is 2.48. The van der Waals surface area contributed by atoms with Gasteiger partial charge in [-0.3, -0.25) is 14.7 Å². The number of benzene rings is 1. The van der Waals surface area contributed by atoms with Crippen molar-refractivity contribution in [3.8, 4) is 5.88 Å². The number of aliphatic hydroxyl groups is 1. The third-order valence-electron chi connectivity index (χ3n) is 8.31. The first-order valence-corrected chi connectivity index (χ1v) is 13.7. The van der Waals surface area contributed by atoms with E-state index in [0.717, 1.165) is 5.69 Å². The van der Waals surface area contributed by atoms with Gasteiger partial charge in [0, 0.05) is 60.9 Å². The molecular formula is C29H32ClF3N4O3. The summed E-state index contributed by atoms with van der Waals surface area (Å²) in [6.45, 7) is 5.03. The number of rotatable bonds is 6. The van der Waals surface area contributed by atoms with Crippen molar-refractivity contribution in [1.29, 1.82) is 0 Å². The molecule has 1 amide bonds. The smallest absolute Gasteiger partial charge is 0.391 e. The highest BCUT2D eigenvalue weighted by atomic mass is 35.5. The minimum atomic E-state index is -4.19. The summed E-state index contributed by atoms with van der Waals surface area (Å²) >= 11 is 6.95. The van der Waals surface area contributed by atoms with Crippen LogP contribution in [-0.2, 0) is 16.9 Å². The van der Waals surface area contributed by atoms with Crippen LogP contribution in [-0.4, -0.2) is 70.2 Å². The van der Waals surface area contributed by atoms with Gasteiger partial charge in [-0.05, 0) is 56.6 Å². The molecule has 2 aliphatic heterocycles. The largest absolute Gasteiger partial charge is 0.481 e. The molecule has 2 saturated heterocycles. The van der Waals surface area contributed by atoms with Crippen LogP contribution in [0.15, 0.2) is 36.5 Å². The number of aromatic nitrogens is 2. The van der Waals surface area contributed by atoms with E-state index in [9.17, 15) is 23.1 Å². The van der Waals surface area contributed by atoms with Gasteiger partial charge in [0.2, 0.25) is 11.8 Å². The van der Waals surface area contributed by atoms with Crippen molar-refractivity contribution in [3.05, 3.63) is 63.9 Å². The van der Waals surface area contributed by atoms with E-state index >= 15 is 0 Å². The standard InChI is InChI=1S/C29H32ClF3N4O3/c1-17-4-5-21(13-34-17)28(39,22-14-37(15-22)18(2)38)20-6-7-25-23(12-20)26(30)24(27(35-25)40-3)16-36-10-8-19(9-11-36)29(31,32)33/h4-7,12-13,19,22,39H,8-11,14-16H2,1-3H3. The number of nitrogens with zero attached hydrogens (tertiary/aromatic N) is 4. The number of halogens is 4. The molecule has 0 saturated carbocycles. The van der Waals surface area contributed by atoms with Crippen molar-refractivity contribution < 1.29 is 27.8 Å². The number of pyridine rings is 2. The molecule has 2 aromatic heterocycles. The average molecular weight is 577 g/mol. The van der Waals surface area contributed by atoms with Crippen LogP contribution in [0, 0.1) is 18.8 Å². The highest BCUT2D eigenvalue weighted by Crippen LogP contribution is 2.44. The number of hydrogen-bond acceptors (Lipinski definition) is 6. The summed E-state index contributed by atoms with van der Waals surface area (Å²) in [6.07, 6.45) is -2.47. The molecule has 1 aromatic carbocycles. The van der Waals surface area contributed by atoms with E-state index in [0.29, 0.717) is 58.1 Å². The maximum Gasteiger partial charge on any atom is 0.391 e. The van der Waals surface area contributed by atoms with E-state index in [2.05, 4.69) is 9.97 Å². The van der Waals surface area contributed by atoms with E-state index < -0.39 is 17.7 Å². The number of piperidine rings is 1. The molecule has 2 aliphatic rings. The Morgan fingerprint density at radius 1 is 1.12 bits per heavy atom. The molecule has 0 bridgehead atoms. The number of aryl methyl sites for hydroxylation is 1. The molecule has 0 spiro atoms. The van der Waals surface area contributed by atoms with Crippen molar-refractivity contribution in [2.45, 2.75) is 45.0 Å². The highest BCUT2D eigenvalue weighted by molar-refractivity contribution is 6.36. The fraction of sp³-hybridized carbons (Fsp3) is 0.483. The molecule has 5 rings (SSSR count). The van der Waals surface area contributed by atoms with Crippen molar-refractivity contribution in [1.82, 2.24) is 19.8 Å². The van der Waals surface area contributed by atoms with Gasteiger partial charge < -0.3 is 14.7 Å². The van der Waals surface area contributed by atoms with Gasteiger partial charge in [-0.2, -0.15) is 13.2 Å². The summed E-state index contributed by atoms with van der Waals surface area (Å²) in [6, 6.07) is 9.05. The number of carbonyl (C=O) groups excluding carboxylic acids is 1. The number of likely N-dealkylation sites (tertiary alicyclic amines) is 2. The van der Waals surface area contributed by atoms with Crippen molar-refractivity contribution in [2.75, 3.05) is 33.3 Å². The summed E-state index contributed by atoms with van der Waals surface area (Å²) in [5, 5.41) is 13.2. The van der Waals surface area contributed by atoms with E-state index in [1.54, 1.807) is 29.3 Å². The third-order valence-corrected chi connectivity index (χ3v) is 8.74. The molecule has 7 nitrogen and oxygen atoms in total. The summed E-state index contributed by atoms with van der Waals surface area (Å²) in [4.78, 5) is 24.5. The van der Waals surface area contributed by atoms with E-state index in [4.69, 9.17) is 16.3 Å². The molecule has 214 valence electrons. The third kappa shape index (κ3) is 5.24.